The van der Waals surface area contributed by atoms with Crippen LogP contribution >= 0.6 is 0 Å². The molecule has 3 atom stereocenters. The van der Waals surface area contributed by atoms with E-state index in [-0.39, 0.29) is 12.5 Å². The summed E-state index contributed by atoms with van der Waals surface area (Å²) in [5.41, 5.74) is 6.34. The second kappa shape index (κ2) is 14.3. The van der Waals surface area contributed by atoms with E-state index in [2.05, 4.69) is 19.2 Å². The molecule has 0 saturated heterocycles. The van der Waals surface area contributed by atoms with Gasteiger partial charge in [0.2, 0.25) is 0 Å². The fourth-order valence-corrected chi connectivity index (χ4v) is 3.45. The normalized spacial score (nSPS) is 14.5. The van der Waals surface area contributed by atoms with Gasteiger partial charge in [0, 0.05) is 32.2 Å². The first-order valence-corrected chi connectivity index (χ1v) is 11.7. The van der Waals surface area contributed by atoms with Gasteiger partial charge in [-0.1, -0.05) is 19.9 Å². The summed E-state index contributed by atoms with van der Waals surface area (Å²) < 4.78 is 22.0. The van der Waals surface area contributed by atoms with Crippen molar-refractivity contribution in [2.75, 3.05) is 34.0 Å². The minimum absolute atomic E-state index is 0.0142. The van der Waals surface area contributed by atoms with E-state index in [4.69, 9.17) is 24.7 Å². The molecular weight excluding hydrogens is 424 g/mol. The van der Waals surface area contributed by atoms with Gasteiger partial charge < -0.3 is 35.1 Å². The highest BCUT2D eigenvalue weighted by Crippen LogP contribution is 2.31. The van der Waals surface area contributed by atoms with Crippen molar-refractivity contribution in [1.82, 2.24) is 5.32 Å². The smallest absolute Gasteiger partial charge is 0.407 e. The van der Waals surface area contributed by atoms with Crippen LogP contribution in [0.2, 0.25) is 0 Å². The number of methoxy groups -OCH3 is 2. The second-order valence-corrected chi connectivity index (χ2v) is 9.75. The highest BCUT2D eigenvalue weighted by molar-refractivity contribution is 5.68. The van der Waals surface area contributed by atoms with Crippen LogP contribution in [0.15, 0.2) is 18.2 Å². The lowest BCUT2D eigenvalue weighted by molar-refractivity contribution is -0.0109. The largest absolute Gasteiger partial charge is 0.493 e. The Kier molecular flexibility index (Phi) is 12.5. The average molecular weight is 469 g/mol. The van der Waals surface area contributed by atoms with Crippen molar-refractivity contribution in [2.45, 2.75) is 71.6 Å². The summed E-state index contributed by atoms with van der Waals surface area (Å²) in [5, 5.41) is 13.2. The van der Waals surface area contributed by atoms with Gasteiger partial charge >= 0.3 is 6.09 Å². The second-order valence-electron chi connectivity index (χ2n) is 9.75. The van der Waals surface area contributed by atoms with E-state index < -0.39 is 23.8 Å². The van der Waals surface area contributed by atoms with Gasteiger partial charge in [0.15, 0.2) is 11.5 Å². The van der Waals surface area contributed by atoms with Crippen LogP contribution in [0.3, 0.4) is 0 Å². The molecule has 1 aromatic rings. The monoisotopic (exact) mass is 468 g/mol. The molecule has 0 fully saturated rings. The van der Waals surface area contributed by atoms with Crippen LogP contribution in [-0.2, 0) is 15.9 Å². The van der Waals surface area contributed by atoms with Gasteiger partial charge in [-0.2, -0.15) is 0 Å². The SMILES string of the molecule is COCCCOc1cc(C[C@@H](C[C@H](OC(=O)NC(C)(C)C)[C@@H](O)CN)C(C)C)ccc1OC. The first kappa shape index (κ1) is 29.0. The Hall–Kier alpha value is -2.03. The van der Waals surface area contributed by atoms with Crippen molar-refractivity contribution in [2.24, 2.45) is 17.6 Å². The molecule has 0 unspecified atom stereocenters. The lowest BCUT2D eigenvalue weighted by Crippen LogP contribution is -2.46. The van der Waals surface area contributed by atoms with Crippen molar-refractivity contribution in [3.8, 4) is 11.5 Å². The Morgan fingerprint density at radius 1 is 1.15 bits per heavy atom. The molecule has 0 bridgehead atoms. The molecule has 8 nitrogen and oxygen atoms in total. The quantitative estimate of drug-likeness (QED) is 0.358. The molecule has 8 heteroatoms. The van der Waals surface area contributed by atoms with Crippen LogP contribution in [0.25, 0.3) is 0 Å². The average Bonchev–Trinajstić information content (AvgIpc) is 2.73. The summed E-state index contributed by atoms with van der Waals surface area (Å²) in [5.74, 6) is 1.80. The summed E-state index contributed by atoms with van der Waals surface area (Å²) in [6, 6.07) is 5.90. The summed E-state index contributed by atoms with van der Waals surface area (Å²) in [4.78, 5) is 12.3. The molecule has 1 amide bonds. The minimum Gasteiger partial charge on any atom is -0.493 e. The molecule has 1 aromatic carbocycles. The molecule has 33 heavy (non-hydrogen) atoms. The summed E-state index contributed by atoms with van der Waals surface area (Å²) in [7, 11) is 3.28. The maximum Gasteiger partial charge on any atom is 0.407 e. The van der Waals surface area contributed by atoms with Crippen molar-refractivity contribution in [1.29, 1.82) is 0 Å². The lowest BCUT2D eigenvalue weighted by atomic mass is 9.83. The summed E-state index contributed by atoms with van der Waals surface area (Å²) in [6.45, 7) is 11.0. The zero-order chi connectivity index (χ0) is 25.0. The van der Waals surface area contributed by atoms with Crippen molar-refractivity contribution in [3.63, 3.8) is 0 Å². The van der Waals surface area contributed by atoms with E-state index in [1.807, 2.05) is 39.0 Å². The lowest BCUT2D eigenvalue weighted by Gasteiger charge is -2.30. The number of rotatable bonds is 14. The third-order valence-electron chi connectivity index (χ3n) is 5.36. The molecule has 0 aliphatic rings. The van der Waals surface area contributed by atoms with Crippen molar-refractivity contribution < 1.29 is 28.8 Å². The van der Waals surface area contributed by atoms with Gasteiger partial charge in [-0.25, -0.2) is 4.79 Å². The number of aliphatic hydroxyl groups excluding tert-OH is 1. The minimum atomic E-state index is -0.937. The fraction of sp³-hybridized carbons (Fsp3) is 0.720. The van der Waals surface area contributed by atoms with Gasteiger partial charge in [0.1, 0.15) is 12.2 Å². The molecule has 0 aromatic heterocycles. The number of carbonyl (C=O) groups is 1. The summed E-state index contributed by atoms with van der Waals surface area (Å²) in [6.07, 6.45) is -0.193. The topological polar surface area (TPSA) is 112 Å². The molecule has 0 aliphatic carbocycles. The molecule has 1 rings (SSSR count). The number of nitrogens with one attached hydrogen (secondary N) is 1. The maximum absolute atomic E-state index is 12.3. The van der Waals surface area contributed by atoms with E-state index in [0.29, 0.717) is 37.1 Å². The zero-order valence-corrected chi connectivity index (χ0v) is 21.3. The van der Waals surface area contributed by atoms with Gasteiger partial charge in [-0.15, -0.1) is 0 Å². The van der Waals surface area contributed by atoms with Gasteiger partial charge in [-0.05, 0) is 63.1 Å². The van der Waals surface area contributed by atoms with Gasteiger partial charge in [-0.3, -0.25) is 0 Å². The molecule has 0 heterocycles. The standard InChI is InChI=1S/C25H44N2O6/c1-17(2)19(15-22(20(28)16-26)33-24(29)27-25(3,4)5)13-18-9-10-21(31-7)23(14-18)32-12-8-11-30-6/h9-10,14,17,19-20,22,28H,8,11-13,15-16,26H2,1-7H3,(H,27,29)/t19-,20-,22-/m0/s1. The van der Waals surface area contributed by atoms with E-state index in [1.165, 1.54) is 0 Å². The maximum atomic E-state index is 12.3. The molecular formula is C25H44N2O6. The zero-order valence-electron chi connectivity index (χ0n) is 21.3. The van der Waals surface area contributed by atoms with Crippen LogP contribution < -0.4 is 20.5 Å². The predicted octanol–water partition coefficient (Wildman–Crippen LogP) is 3.53. The third-order valence-corrected chi connectivity index (χ3v) is 5.36. The highest BCUT2D eigenvalue weighted by atomic mass is 16.6. The van der Waals surface area contributed by atoms with Gasteiger partial charge in [0.05, 0.1) is 13.7 Å². The number of benzene rings is 1. The highest BCUT2D eigenvalue weighted by Gasteiger charge is 2.29. The predicted molar refractivity (Wildman–Crippen MR) is 130 cm³/mol. The molecule has 0 saturated carbocycles. The van der Waals surface area contributed by atoms with Crippen molar-refractivity contribution >= 4 is 6.09 Å². The number of ether oxygens (including phenoxy) is 4. The first-order chi connectivity index (χ1) is 15.5. The Morgan fingerprint density at radius 3 is 2.39 bits per heavy atom. The molecule has 4 N–H and O–H groups in total. The summed E-state index contributed by atoms with van der Waals surface area (Å²) >= 11 is 0. The molecule has 0 spiro atoms. The number of nitrogens with two attached hydrogens (primary N) is 1. The van der Waals surface area contributed by atoms with Crippen LogP contribution in [0, 0.1) is 11.8 Å². The molecule has 0 radical (unpaired) electrons. The Morgan fingerprint density at radius 2 is 1.85 bits per heavy atom. The number of aliphatic hydroxyl groups is 1. The van der Waals surface area contributed by atoms with Crippen LogP contribution in [0.1, 0.15) is 53.0 Å². The molecule has 190 valence electrons. The Bertz CT molecular complexity index is 705. The number of amides is 1. The van der Waals surface area contributed by atoms with Crippen LogP contribution in [0.5, 0.6) is 11.5 Å². The fourth-order valence-electron chi connectivity index (χ4n) is 3.45. The van der Waals surface area contributed by atoms with Crippen LogP contribution in [-0.4, -0.2) is 62.9 Å². The number of hydrogen-bond acceptors (Lipinski definition) is 7. The van der Waals surface area contributed by atoms with Crippen LogP contribution in [0.4, 0.5) is 4.79 Å². The number of hydrogen-bond donors (Lipinski definition) is 3. The number of alkyl carbamates (subject to hydrolysis) is 1. The van der Waals surface area contributed by atoms with E-state index in [0.717, 1.165) is 18.4 Å². The third kappa shape index (κ3) is 11.1. The molecule has 0 aliphatic heterocycles. The Balaban J connectivity index is 2.96. The van der Waals surface area contributed by atoms with Gasteiger partial charge in [0.25, 0.3) is 0 Å². The van der Waals surface area contributed by atoms with E-state index >= 15 is 0 Å². The Labute approximate surface area is 199 Å². The van der Waals surface area contributed by atoms with E-state index in [1.54, 1.807) is 14.2 Å². The number of carbonyl (C=O) groups excluding carboxylic acids is 1. The van der Waals surface area contributed by atoms with E-state index in [9.17, 15) is 9.90 Å². The first-order valence-electron chi connectivity index (χ1n) is 11.7. The van der Waals surface area contributed by atoms with Crippen molar-refractivity contribution in [3.05, 3.63) is 23.8 Å².